The van der Waals surface area contributed by atoms with E-state index in [0.717, 1.165) is 11.1 Å². The molecule has 11 nitrogen and oxygen atoms in total. The minimum atomic E-state index is -1.31. The second-order valence-corrected chi connectivity index (χ2v) is 11.1. The van der Waals surface area contributed by atoms with Crippen molar-refractivity contribution in [2.75, 3.05) is 13.2 Å². The molecule has 0 radical (unpaired) electrons. The topological polar surface area (TPSA) is 141 Å². The fourth-order valence-electron chi connectivity index (χ4n) is 5.52. The van der Waals surface area contributed by atoms with Crippen molar-refractivity contribution in [2.24, 2.45) is 0 Å². The number of benzene rings is 2. The molecule has 2 aromatic carbocycles. The molecule has 1 fully saturated rings. The van der Waals surface area contributed by atoms with Crippen molar-refractivity contribution >= 4 is 41.3 Å². The van der Waals surface area contributed by atoms with Crippen LogP contribution in [0.4, 0.5) is 0 Å². The highest BCUT2D eigenvalue weighted by Gasteiger charge is 2.53. The van der Waals surface area contributed by atoms with Crippen LogP contribution in [0.2, 0.25) is 5.02 Å². The molecule has 0 aliphatic carbocycles. The first-order valence-corrected chi connectivity index (χ1v) is 14.6. The van der Waals surface area contributed by atoms with Gasteiger partial charge in [0.25, 0.3) is 0 Å². The predicted molar refractivity (Wildman–Crippen MR) is 155 cm³/mol. The maximum Gasteiger partial charge on any atom is 0.303 e. The first-order valence-electron chi connectivity index (χ1n) is 14.2. The highest BCUT2D eigenvalue weighted by Crippen LogP contribution is 2.46. The molecule has 2 aromatic rings. The number of rotatable bonds is 9. The van der Waals surface area contributed by atoms with Crippen molar-refractivity contribution in [3.8, 4) is 5.75 Å². The number of hydrogen-bond donors (Lipinski definition) is 0. The Balaban J connectivity index is 1.86. The molecule has 0 bridgehead atoms. The van der Waals surface area contributed by atoms with Gasteiger partial charge in [0, 0.05) is 38.8 Å². The van der Waals surface area contributed by atoms with Gasteiger partial charge in [-0.05, 0) is 42.9 Å². The smallest absolute Gasteiger partial charge is 0.303 e. The van der Waals surface area contributed by atoms with Gasteiger partial charge in [0.1, 0.15) is 24.6 Å². The van der Waals surface area contributed by atoms with Crippen LogP contribution in [0.5, 0.6) is 5.75 Å². The summed E-state index contributed by atoms with van der Waals surface area (Å²) in [6.07, 6.45) is -4.40. The molecule has 44 heavy (non-hydrogen) atoms. The number of ether oxygens (including phenoxy) is 6. The van der Waals surface area contributed by atoms with Gasteiger partial charge in [-0.15, -0.1) is 0 Å². The van der Waals surface area contributed by atoms with Crippen LogP contribution in [0.1, 0.15) is 79.8 Å². The van der Waals surface area contributed by atoms with Crippen molar-refractivity contribution < 1.29 is 52.4 Å². The van der Waals surface area contributed by atoms with Crippen LogP contribution < -0.4 is 4.74 Å². The second-order valence-electron chi connectivity index (χ2n) is 10.7. The Kier molecular flexibility index (Phi) is 10.6. The van der Waals surface area contributed by atoms with Gasteiger partial charge in [0.2, 0.25) is 0 Å². The minimum Gasteiger partial charge on any atom is -0.492 e. The number of carbonyl (C=O) groups is 5. The Morgan fingerprint density at radius 3 is 2.05 bits per heavy atom. The first-order chi connectivity index (χ1) is 20.8. The molecule has 236 valence electrons. The number of fused-ring (bicyclic) bond motifs is 1. The summed E-state index contributed by atoms with van der Waals surface area (Å²) in [4.78, 5) is 60.4. The number of ketones is 1. The molecule has 2 heterocycles. The number of carbonyl (C=O) groups excluding carboxylic acids is 5. The third-order valence-electron chi connectivity index (χ3n) is 7.30. The van der Waals surface area contributed by atoms with E-state index in [4.69, 9.17) is 40.0 Å². The van der Waals surface area contributed by atoms with E-state index in [2.05, 4.69) is 0 Å². The third kappa shape index (κ3) is 7.75. The summed E-state index contributed by atoms with van der Waals surface area (Å²) in [5.41, 5.74) is 3.41. The Morgan fingerprint density at radius 1 is 0.841 bits per heavy atom. The van der Waals surface area contributed by atoms with Crippen molar-refractivity contribution in [1.82, 2.24) is 0 Å². The number of Topliss-reactive ketones (excluding diaryl/α,β-unsaturated/α-hetero) is 1. The van der Waals surface area contributed by atoms with Crippen LogP contribution in [0.15, 0.2) is 30.3 Å². The Labute approximate surface area is 260 Å². The van der Waals surface area contributed by atoms with Gasteiger partial charge in [-0.25, -0.2) is 0 Å². The molecule has 0 aromatic heterocycles. The molecule has 5 atom stereocenters. The van der Waals surface area contributed by atoms with Crippen LogP contribution in [-0.4, -0.2) is 67.3 Å². The van der Waals surface area contributed by atoms with Gasteiger partial charge in [-0.2, -0.15) is 0 Å². The zero-order valence-electron chi connectivity index (χ0n) is 25.2. The molecular weight excluding hydrogens is 596 g/mol. The summed E-state index contributed by atoms with van der Waals surface area (Å²) in [5.74, 6) is -2.31. The molecule has 2 aliphatic rings. The molecule has 1 saturated heterocycles. The predicted octanol–water partition coefficient (Wildman–Crippen LogP) is 4.26. The fraction of sp³-hybridized carbons (Fsp3) is 0.469. The van der Waals surface area contributed by atoms with Crippen LogP contribution in [0, 0.1) is 0 Å². The minimum absolute atomic E-state index is 0.0530. The lowest BCUT2D eigenvalue weighted by atomic mass is 9.85. The van der Waals surface area contributed by atoms with Crippen LogP contribution in [0.25, 0.3) is 0 Å². The normalized spacial score (nSPS) is 22.5. The van der Waals surface area contributed by atoms with Crippen LogP contribution in [0.3, 0.4) is 0 Å². The summed E-state index contributed by atoms with van der Waals surface area (Å²) >= 11 is 6.89. The lowest BCUT2D eigenvalue weighted by Crippen LogP contribution is -2.59. The number of esters is 4. The number of hydrogen-bond acceptors (Lipinski definition) is 11. The monoisotopic (exact) mass is 630 g/mol. The van der Waals surface area contributed by atoms with Crippen LogP contribution >= 0.6 is 11.6 Å². The SMILES string of the molecule is CC(=O)OCC1O[C@@H](c2cc(Cc3ccc(C(C)=O)cc3)c(Cl)c3c2CCCO3)[C@H](OC(C)=O)[C@@H](OC(C)=O)C1OC(C)=O. The zero-order valence-corrected chi connectivity index (χ0v) is 25.9. The maximum absolute atomic E-state index is 12.4. The molecule has 0 spiro atoms. The molecule has 0 saturated carbocycles. The second kappa shape index (κ2) is 14.2. The molecular formula is C32H35ClO11. The largest absolute Gasteiger partial charge is 0.492 e. The summed E-state index contributed by atoms with van der Waals surface area (Å²) in [6.45, 7) is 6.35. The van der Waals surface area contributed by atoms with E-state index in [1.54, 1.807) is 12.1 Å². The van der Waals surface area contributed by atoms with Gasteiger partial charge >= 0.3 is 23.9 Å². The Bertz CT molecular complexity index is 1430. The van der Waals surface area contributed by atoms with Crippen molar-refractivity contribution in [3.05, 3.63) is 63.2 Å². The van der Waals surface area contributed by atoms with Gasteiger partial charge in [0.05, 0.1) is 11.6 Å². The molecule has 4 rings (SSSR count). The average molecular weight is 631 g/mol. The zero-order chi connectivity index (χ0) is 32.1. The fourth-order valence-corrected chi connectivity index (χ4v) is 5.81. The van der Waals surface area contributed by atoms with Crippen molar-refractivity contribution in [1.29, 1.82) is 0 Å². The summed E-state index contributed by atoms with van der Waals surface area (Å²) < 4.78 is 34.6. The lowest BCUT2D eigenvalue weighted by molar-refractivity contribution is -0.254. The average Bonchev–Trinajstić information content (AvgIpc) is 2.95. The van der Waals surface area contributed by atoms with Gasteiger partial charge in [0.15, 0.2) is 24.1 Å². The van der Waals surface area contributed by atoms with E-state index in [1.807, 2.05) is 18.2 Å². The van der Waals surface area contributed by atoms with E-state index in [9.17, 15) is 24.0 Å². The van der Waals surface area contributed by atoms with Crippen LogP contribution in [-0.2, 0) is 55.7 Å². The lowest BCUT2D eigenvalue weighted by Gasteiger charge is -2.45. The third-order valence-corrected chi connectivity index (χ3v) is 7.72. The first kappa shape index (κ1) is 32.9. The molecule has 2 aliphatic heterocycles. The highest BCUT2D eigenvalue weighted by molar-refractivity contribution is 6.33. The maximum atomic E-state index is 12.4. The Hall–Kier alpha value is -3.96. The van der Waals surface area contributed by atoms with Crippen molar-refractivity contribution in [3.63, 3.8) is 0 Å². The summed E-state index contributed by atoms with van der Waals surface area (Å²) in [5, 5.41) is 0.407. The molecule has 12 heteroatoms. The van der Waals surface area contributed by atoms with E-state index in [0.29, 0.717) is 53.3 Å². The van der Waals surface area contributed by atoms with Gasteiger partial charge in [-0.3, -0.25) is 24.0 Å². The Morgan fingerprint density at radius 2 is 1.45 bits per heavy atom. The van der Waals surface area contributed by atoms with Gasteiger partial charge in [-0.1, -0.05) is 41.9 Å². The molecule has 0 amide bonds. The molecule has 0 N–H and O–H groups in total. The summed E-state index contributed by atoms with van der Waals surface area (Å²) in [6, 6.07) is 8.97. The number of halogens is 1. The van der Waals surface area contributed by atoms with Crippen molar-refractivity contribution in [2.45, 2.75) is 84.4 Å². The molecule has 2 unspecified atom stereocenters. The van der Waals surface area contributed by atoms with E-state index < -0.39 is 54.4 Å². The highest BCUT2D eigenvalue weighted by atomic mass is 35.5. The van der Waals surface area contributed by atoms with Gasteiger partial charge < -0.3 is 28.4 Å². The quantitative estimate of drug-likeness (QED) is 0.223. The van der Waals surface area contributed by atoms with E-state index in [-0.39, 0.29) is 12.4 Å². The van der Waals surface area contributed by atoms with E-state index >= 15 is 0 Å². The van der Waals surface area contributed by atoms with E-state index in [1.165, 1.54) is 34.6 Å². The standard InChI is InChI=1S/C32H35ClO11/c1-16(34)22-10-8-21(9-11-22)13-23-14-25(24-7-6-12-39-28(24)27(23)33)29-31(42-19(4)37)32(43-20(5)38)30(41-18(3)36)26(44-29)15-40-17(2)35/h8-11,14,26,29-32H,6-7,12-13,15H2,1-5H3/t26?,29-,30?,31-,32-/m0/s1. The summed E-state index contributed by atoms with van der Waals surface area (Å²) in [7, 11) is 0.